The quantitative estimate of drug-likeness (QED) is 0.657. The van der Waals surface area contributed by atoms with Gasteiger partial charge < -0.3 is 10.1 Å². The fourth-order valence-corrected chi connectivity index (χ4v) is 4.90. The fraction of sp³-hybridized carbons (Fsp3) is 0.364. The second-order valence-corrected chi connectivity index (χ2v) is 9.33. The summed E-state index contributed by atoms with van der Waals surface area (Å²) < 4.78 is 33.9. The van der Waals surface area contributed by atoms with Crippen molar-refractivity contribution >= 4 is 27.6 Å². The Morgan fingerprint density at radius 3 is 2.27 bits per heavy atom. The number of carbonyl (C=O) groups is 2. The zero-order valence-corrected chi connectivity index (χ0v) is 18.3. The molecule has 3 rings (SSSR count). The van der Waals surface area contributed by atoms with E-state index in [-0.39, 0.29) is 28.1 Å². The molecule has 30 heavy (non-hydrogen) atoms. The molecular weight excluding hydrogens is 404 g/mol. The average molecular weight is 431 g/mol. The SMILES string of the molecule is Cc1cc(C)c(S(=O)(=O)Nc2ccccc2C(=O)OC(C)C(=O)NC2CC2)c(C)c1. The predicted molar refractivity (Wildman–Crippen MR) is 114 cm³/mol. The van der Waals surface area contributed by atoms with Crippen molar-refractivity contribution in [1.29, 1.82) is 0 Å². The molecule has 7 nitrogen and oxygen atoms in total. The summed E-state index contributed by atoms with van der Waals surface area (Å²) in [5.74, 6) is -1.14. The van der Waals surface area contributed by atoms with Gasteiger partial charge in [-0.2, -0.15) is 0 Å². The molecule has 0 spiro atoms. The standard InChI is InChI=1S/C22H26N2O5S/c1-13-11-14(2)20(15(3)12-13)30(27,28)24-19-8-6-5-7-18(19)22(26)29-16(4)21(25)23-17-9-10-17/h5-8,11-12,16-17,24H,9-10H2,1-4H3,(H,23,25). The molecule has 2 N–H and O–H groups in total. The number of nitrogens with one attached hydrogen (secondary N) is 2. The Balaban J connectivity index is 1.83. The van der Waals surface area contributed by atoms with E-state index >= 15 is 0 Å². The second-order valence-electron chi connectivity index (χ2n) is 7.71. The Labute approximate surface area is 176 Å². The number of carbonyl (C=O) groups excluding carboxylic acids is 2. The van der Waals surface area contributed by atoms with Crippen LogP contribution in [0.15, 0.2) is 41.3 Å². The van der Waals surface area contributed by atoms with Gasteiger partial charge in [0.2, 0.25) is 0 Å². The highest BCUT2D eigenvalue weighted by Gasteiger charge is 2.28. The molecule has 2 aromatic carbocycles. The van der Waals surface area contributed by atoms with Crippen molar-refractivity contribution in [2.45, 2.75) is 57.6 Å². The number of amides is 1. The number of rotatable bonds is 7. The number of aryl methyl sites for hydroxylation is 3. The molecule has 1 aliphatic carbocycles. The summed E-state index contributed by atoms with van der Waals surface area (Å²) in [4.78, 5) is 24.9. The summed E-state index contributed by atoms with van der Waals surface area (Å²) in [5, 5.41) is 2.77. The van der Waals surface area contributed by atoms with Crippen LogP contribution >= 0.6 is 0 Å². The minimum atomic E-state index is -3.94. The molecular formula is C22H26N2O5S. The maximum absolute atomic E-state index is 13.1. The normalized spacial score (nSPS) is 14.7. The van der Waals surface area contributed by atoms with Gasteiger partial charge in [0.1, 0.15) is 0 Å². The highest BCUT2D eigenvalue weighted by atomic mass is 32.2. The molecule has 1 atom stereocenters. The largest absolute Gasteiger partial charge is 0.449 e. The van der Waals surface area contributed by atoms with Gasteiger partial charge in [-0.15, -0.1) is 0 Å². The van der Waals surface area contributed by atoms with Crippen LogP contribution in [0.5, 0.6) is 0 Å². The van der Waals surface area contributed by atoms with E-state index < -0.39 is 22.1 Å². The van der Waals surface area contributed by atoms with Gasteiger partial charge in [-0.3, -0.25) is 9.52 Å². The highest BCUT2D eigenvalue weighted by molar-refractivity contribution is 7.92. The lowest BCUT2D eigenvalue weighted by Gasteiger charge is -2.17. The monoisotopic (exact) mass is 430 g/mol. The lowest BCUT2D eigenvalue weighted by atomic mass is 10.1. The molecule has 1 amide bonds. The van der Waals surface area contributed by atoms with Crippen molar-refractivity contribution in [3.8, 4) is 0 Å². The van der Waals surface area contributed by atoms with Gasteiger partial charge in [-0.05, 0) is 63.8 Å². The summed E-state index contributed by atoms with van der Waals surface area (Å²) in [6, 6.07) is 9.91. The molecule has 0 aliphatic heterocycles. The molecule has 1 unspecified atom stereocenters. The van der Waals surface area contributed by atoms with E-state index in [1.54, 1.807) is 38.1 Å². The Morgan fingerprint density at radius 2 is 1.67 bits per heavy atom. The maximum atomic E-state index is 13.1. The molecule has 160 valence electrons. The van der Waals surface area contributed by atoms with Crippen LogP contribution in [0.4, 0.5) is 5.69 Å². The van der Waals surface area contributed by atoms with Gasteiger partial charge in [-0.1, -0.05) is 29.8 Å². The van der Waals surface area contributed by atoms with E-state index in [0.717, 1.165) is 18.4 Å². The fourth-order valence-electron chi connectivity index (χ4n) is 3.36. The van der Waals surface area contributed by atoms with Crippen LogP contribution in [0.2, 0.25) is 0 Å². The zero-order chi connectivity index (χ0) is 22.1. The van der Waals surface area contributed by atoms with Gasteiger partial charge in [0.15, 0.2) is 6.10 Å². The first kappa shape index (κ1) is 21.8. The van der Waals surface area contributed by atoms with Crippen molar-refractivity contribution in [3.63, 3.8) is 0 Å². The van der Waals surface area contributed by atoms with E-state index in [2.05, 4.69) is 10.0 Å². The third-order valence-corrected chi connectivity index (χ3v) is 6.51. The molecule has 1 aliphatic rings. The Bertz CT molecular complexity index is 1070. The van der Waals surface area contributed by atoms with E-state index in [0.29, 0.717) is 11.1 Å². The number of esters is 1. The number of anilines is 1. The van der Waals surface area contributed by atoms with Gasteiger partial charge in [-0.25, -0.2) is 13.2 Å². The van der Waals surface area contributed by atoms with E-state index in [9.17, 15) is 18.0 Å². The topological polar surface area (TPSA) is 102 Å². The minimum Gasteiger partial charge on any atom is -0.449 e. The van der Waals surface area contributed by atoms with Crippen molar-refractivity contribution in [2.24, 2.45) is 0 Å². The Morgan fingerprint density at radius 1 is 1.07 bits per heavy atom. The predicted octanol–water partition coefficient (Wildman–Crippen LogP) is 3.24. The van der Waals surface area contributed by atoms with Gasteiger partial charge in [0, 0.05) is 6.04 Å². The van der Waals surface area contributed by atoms with Crippen molar-refractivity contribution in [1.82, 2.24) is 5.32 Å². The summed E-state index contributed by atoms with van der Waals surface area (Å²) >= 11 is 0. The Hall–Kier alpha value is -2.87. The summed E-state index contributed by atoms with van der Waals surface area (Å²) in [6.45, 7) is 6.85. The van der Waals surface area contributed by atoms with Crippen LogP contribution in [0.3, 0.4) is 0 Å². The molecule has 2 aromatic rings. The number of hydrogen-bond acceptors (Lipinski definition) is 5. The molecule has 8 heteroatoms. The first-order valence-corrected chi connectivity index (χ1v) is 11.3. The Kier molecular flexibility index (Phi) is 6.17. The smallest absolute Gasteiger partial charge is 0.341 e. The summed E-state index contributed by atoms with van der Waals surface area (Å²) in [5.41, 5.74) is 2.33. The second kappa shape index (κ2) is 8.47. The molecule has 0 bridgehead atoms. The molecule has 0 radical (unpaired) electrons. The van der Waals surface area contributed by atoms with Crippen molar-refractivity contribution in [2.75, 3.05) is 4.72 Å². The first-order valence-electron chi connectivity index (χ1n) is 9.79. The molecule has 0 heterocycles. The lowest BCUT2D eigenvalue weighted by Crippen LogP contribution is -2.37. The zero-order valence-electron chi connectivity index (χ0n) is 17.5. The number of benzene rings is 2. The summed E-state index contributed by atoms with van der Waals surface area (Å²) in [7, 11) is -3.94. The van der Waals surface area contributed by atoms with Crippen LogP contribution in [-0.2, 0) is 19.6 Å². The number of sulfonamides is 1. The van der Waals surface area contributed by atoms with Crippen LogP contribution in [0.25, 0.3) is 0 Å². The van der Waals surface area contributed by atoms with Crippen LogP contribution in [-0.4, -0.2) is 32.4 Å². The third-order valence-electron chi connectivity index (χ3n) is 4.84. The third kappa shape index (κ3) is 4.99. The van der Waals surface area contributed by atoms with Gasteiger partial charge in [0.25, 0.3) is 15.9 Å². The summed E-state index contributed by atoms with van der Waals surface area (Å²) in [6.07, 6.45) is 0.869. The first-order chi connectivity index (χ1) is 14.1. The van der Waals surface area contributed by atoms with Gasteiger partial charge in [0.05, 0.1) is 16.1 Å². The molecule has 0 saturated heterocycles. The van der Waals surface area contributed by atoms with E-state index in [4.69, 9.17) is 4.74 Å². The van der Waals surface area contributed by atoms with Crippen LogP contribution in [0, 0.1) is 20.8 Å². The van der Waals surface area contributed by atoms with E-state index in [1.807, 2.05) is 6.92 Å². The lowest BCUT2D eigenvalue weighted by molar-refractivity contribution is -0.129. The van der Waals surface area contributed by atoms with Crippen LogP contribution in [0.1, 0.15) is 46.8 Å². The van der Waals surface area contributed by atoms with Crippen LogP contribution < -0.4 is 10.0 Å². The number of ether oxygens (including phenoxy) is 1. The van der Waals surface area contributed by atoms with E-state index in [1.165, 1.54) is 19.1 Å². The number of para-hydroxylation sites is 1. The van der Waals surface area contributed by atoms with Gasteiger partial charge >= 0.3 is 5.97 Å². The average Bonchev–Trinajstić information content (AvgIpc) is 3.44. The minimum absolute atomic E-state index is 0.0366. The molecule has 1 saturated carbocycles. The van der Waals surface area contributed by atoms with Crippen molar-refractivity contribution in [3.05, 3.63) is 58.7 Å². The molecule has 0 aromatic heterocycles. The molecule has 1 fully saturated rings. The highest BCUT2D eigenvalue weighted by Crippen LogP contribution is 2.26. The maximum Gasteiger partial charge on any atom is 0.341 e. The number of hydrogen-bond donors (Lipinski definition) is 2. The van der Waals surface area contributed by atoms with Crippen molar-refractivity contribution < 1.29 is 22.7 Å².